The first-order chi connectivity index (χ1) is 8.69. The summed E-state index contributed by atoms with van der Waals surface area (Å²) >= 11 is 2.65. The van der Waals surface area contributed by atoms with E-state index in [-0.39, 0.29) is 11.9 Å². The Balaban J connectivity index is 1.94. The Morgan fingerprint density at radius 2 is 2.50 bits per heavy atom. The number of hydrogen-bond donors (Lipinski definition) is 1. The standard InChI is InChI=1S/C10H15N3O3S2/c1-16-7-3-2-4-13(5-7)9-11-12-10(18-9)17-6-8(14)15/h7H,2-6H2,1H3,(H,14,15). The minimum atomic E-state index is -0.839. The molecular weight excluding hydrogens is 274 g/mol. The van der Waals surface area contributed by atoms with Crippen molar-refractivity contribution in [2.75, 3.05) is 30.9 Å². The number of carbonyl (C=O) groups is 1. The predicted octanol–water partition coefficient (Wildman–Crippen LogP) is 1.33. The summed E-state index contributed by atoms with van der Waals surface area (Å²) in [7, 11) is 1.72. The van der Waals surface area contributed by atoms with Gasteiger partial charge in [-0.3, -0.25) is 4.79 Å². The first-order valence-electron chi connectivity index (χ1n) is 5.65. The summed E-state index contributed by atoms with van der Waals surface area (Å²) in [5.41, 5.74) is 0. The molecule has 0 amide bonds. The first kappa shape index (κ1) is 13.6. The molecule has 1 aromatic heterocycles. The van der Waals surface area contributed by atoms with Gasteiger partial charge in [-0.2, -0.15) is 0 Å². The number of thioether (sulfide) groups is 1. The number of methoxy groups -OCH3 is 1. The Hall–Kier alpha value is -0.860. The highest BCUT2D eigenvalue weighted by Crippen LogP contribution is 2.29. The van der Waals surface area contributed by atoms with E-state index in [1.807, 2.05) is 0 Å². The number of hydrogen-bond acceptors (Lipinski definition) is 7. The third kappa shape index (κ3) is 3.56. The molecule has 100 valence electrons. The molecule has 8 heteroatoms. The molecule has 1 unspecified atom stereocenters. The van der Waals surface area contributed by atoms with E-state index in [0.717, 1.165) is 31.1 Å². The molecule has 1 N–H and O–H groups in total. The number of nitrogens with zero attached hydrogens (tertiary/aromatic N) is 3. The Kier molecular flexibility index (Phi) is 4.79. The summed E-state index contributed by atoms with van der Waals surface area (Å²) in [6.45, 7) is 1.78. The zero-order chi connectivity index (χ0) is 13.0. The number of rotatable bonds is 5. The smallest absolute Gasteiger partial charge is 0.313 e. The molecule has 0 radical (unpaired) electrons. The number of ether oxygens (including phenoxy) is 1. The van der Waals surface area contributed by atoms with Crippen LogP contribution in [0.3, 0.4) is 0 Å². The minimum Gasteiger partial charge on any atom is -0.481 e. The van der Waals surface area contributed by atoms with Crippen molar-refractivity contribution in [3.63, 3.8) is 0 Å². The Bertz CT molecular complexity index is 413. The monoisotopic (exact) mass is 289 g/mol. The van der Waals surface area contributed by atoms with Crippen molar-refractivity contribution in [3.05, 3.63) is 0 Å². The Labute approximate surface area is 113 Å². The molecule has 6 nitrogen and oxygen atoms in total. The molecule has 1 aliphatic heterocycles. The third-order valence-electron chi connectivity index (χ3n) is 2.70. The van der Waals surface area contributed by atoms with E-state index in [1.165, 1.54) is 23.1 Å². The molecule has 1 saturated heterocycles. The van der Waals surface area contributed by atoms with Crippen LogP contribution in [0.2, 0.25) is 0 Å². The van der Waals surface area contributed by atoms with Crippen LogP contribution in [-0.2, 0) is 9.53 Å². The van der Waals surface area contributed by atoms with Crippen molar-refractivity contribution in [1.29, 1.82) is 0 Å². The summed E-state index contributed by atoms with van der Waals surface area (Å²) in [5, 5.41) is 17.6. The molecule has 1 aliphatic rings. The second-order valence-corrected chi connectivity index (χ2v) is 6.16. The van der Waals surface area contributed by atoms with Gasteiger partial charge in [0, 0.05) is 20.2 Å². The molecule has 2 rings (SSSR count). The summed E-state index contributed by atoms with van der Waals surface area (Å²) in [6.07, 6.45) is 2.40. The molecular formula is C10H15N3O3S2. The second kappa shape index (κ2) is 6.35. The SMILES string of the molecule is COC1CCCN(c2nnc(SCC(=O)O)s2)C1. The molecule has 0 aromatic carbocycles. The second-order valence-electron chi connectivity index (χ2n) is 3.98. The average molecular weight is 289 g/mol. The van der Waals surface area contributed by atoms with E-state index in [0.29, 0.717) is 4.34 Å². The van der Waals surface area contributed by atoms with Crippen LogP contribution in [0, 0.1) is 0 Å². The highest BCUT2D eigenvalue weighted by atomic mass is 32.2. The number of carboxylic acid groups (broad SMARTS) is 1. The van der Waals surface area contributed by atoms with Crippen molar-refractivity contribution in [1.82, 2.24) is 10.2 Å². The van der Waals surface area contributed by atoms with Crippen LogP contribution >= 0.6 is 23.1 Å². The van der Waals surface area contributed by atoms with Gasteiger partial charge in [-0.15, -0.1) is 10.2 Å². The highest BCUT2D eigenvalue weighted by Gasteiger charge is 2.22. The van der Waals surface area contributed by atoms with Crippen LogP contribution in [0.15, 0.2) is 4.34 Å². The average Bonchev–Trinajstić information content (AvgIpc) is 2.85. The quantitative estimate of drug-likeness (QED) is 0.819. The largest absolute Gasteiger partial charge is 0.481 e. The van der Waals surface area contributed by atoms with Gasteiger partial charge in [0.2, 0.25) is 5.13 Å². The van der Waals surface area contributed by atoms with Gasteiger partial charge >= 0.3 is 5.97 Å². The van der Waals surface area contributed by atoms with Crippen LogP contribution in [-0.4, -0.2) is 53.3 Å². The van der Waals surface area contributed by atoms with Crippen molar-refractivity contribution in [2.24, 2.45) is 0 Å². The van der Waals surface area contributed by atoms with E-state index in [4.69, 9.17) is 9.84 Å². The van der Waals surface area contributed by atoms with Gasteiger partial charge in [-0.1, -0.05) is 23.1 Å². The summed E-state index contributed by atoms with van der Waals surface area (Å²) in [4.78, 5) is 12.6. The molecule has 0 bridgehead atoms. The molecule has 0 saturated carbocycles. The third-order valence-corrected chi connectivity index (χ3v) is 4.80. The molecule has 1 aromatic rings. The van der Waals surface area contributed by atoms with Crippen molar-refractivity contribution < 1.29 is 14.6 Å². The van der Waals surface area contributed by atoms with Crippen molar-refractivity contribution >= 4 is 34.2 Å². The van der Waals surface area contributed by atoms with E-state index in [2.05, 4.69) is 15.1 Å². The predicted molar refractivity (Wildman–Crippen MR) is 70.5 cm³/mol. The molecule has 18 heavy (non-hydrogen) atoms. The van der Waals surface area contributed by atoms with E-state index in [1.54, 1.807) is 7.11 Å². The maximum atomic E-state index is 10.5. The number of piperidine rings is 1. The fourth-order valence-corrected chi connectivity index (χ4v) is 3.41. The van der Waals surface area contributed by atoms with Gasteiger partial charge in [0.25, 0.3) is 0 Å². The topological polar surface area (TPSA) is 75.5 Å². The van der Waals surface area contributed by atoms with Crippen LogP contribution in [0.25, 0.3) is 0 Å². The van der Waals surface area contributed by atoms with Gasteiger partial charge in [0.1, 0.15) is 0 Å². The number of aliphatic carboxylic acids is 1. The van der Waals surface area contributed by atoms with E-state index >= 15 is 0 Å². The zero-order valence-electron chi connectivity index (χ0n) is 10.0. The van der Waals surface area contributed by atoms with Gasteiger partial charge in [0.15, 0.2) is 4.34 Å². The van der Waals surface area contributed by atoms with Gasteiger partial charge in [-0.05, 0) is 12.8 Å². The fraction of sp³-hybridized carbons (Fsp3) is 0.700. The van der Waals surface area contributed by atoms with Gasteiger partial charge in [0.05, 0.1) is 11.9 Å². The normalized spacial score (nSPS) is 20.1. The number of anilines is 1. The molecule has 0 aliphatic carbocycles. The fourth-order valence-electron chi connectivity index (χ4n) is 1.82. The summed E-state index contributed by atoms with van der Waals surface area (Å²) < 4.78 is 6.06. The number of carboxylic acids is 1. The molecule has 1 fully saturated rings. The molecule has 2 heterocycles. The molecule has 1 atom stereocenters. The first-order valence-corrected chi connectivity index (χ1v) is 7.45. The van der Waals surface area contributed by atoms with Crippen LogP contribution in [0.4, 0.5) is 5.13 Å². The lowest BCUT2D eigenvalue weighted by Crippen LogP contribution is -2.39. The number of aromatic nitrogens is 2. The lowest BCUT2D eigenvalue weighted by atomic mass is 10.1. The Morgan fingerprint density at radius 3 is 3.22 bits per heavy atom. The lowest BCUT2D eigenvalue weighted by molar-refractivity contribution is -0.133. The van der Waals surface area contributed by atoms with Crippen LogP contribution in [0.1, 0.15) is 12.8 Å². The van der Waals surface area contributed by atoms with Crippen LogP contribution in [0.5, 0.6) is 0 Å². The highest BCUT2D eigenvalue weighted by molar-refractivity contribution is 8.01. The van der Waals surface area contributed by atoms with Gasteiger partial charge < -0.3 is 14.7 Å². The van der Waals surface area contributed by atoms with Crippen LogP contribution < -0.4 is 4.90 Å². The van der Waals surface area contributed by atoms with Crippen molar-refractivity contribution in [2.45, 2.75) is 23.3 Å². The zero-order valence-corrected chi connectivity index (χ0v) is 11.7. The molecule has 0 spiro atoms. The maximum Gasteiger partial charge on any atom is 0.313 e. The van der Waals surface area contributed by atoms with E-state index < -0.39 is 5.97 Å². The van der Waals surface area contributed by atoms with Crippen molar-refractivity contribution in [3.8, 4) is 0 Å². The summed E-state index contributed by atoms with van der Waals surface area (Å²) in [6, 6.07) is 0. The lowest BCUT2D eigenvalue weighted by Gasteiger charge is -2.31. The summed E-state index contributed by atoms with van der Waals surface area (Å²) in [5.74, 6) is -0.816. The van der Waals surface area contributed by atoms with E-state index in [9.17, 15) is 4.79 Å². The minimum absolute atomic E-state index is 0.0231. The maximum absolute atomic E-state index is 10.5. The Morgan fingerprint density at radius 1 is 1.67 bits per heavy atom. The van der Waals surface area contributed by atoms with Gasteiger partial charge in [-0.25, -0.2) is 0 Å².